The van der Waals surface area contributed by atoms with Crippen molar-refractivity contribution in [1.29, 1.82) is 0 Å². The van der Waals surface area contributed by atoms with Crippen molar-refractivity contribution in [3.05, 3.63) is 65.9 Å². The molecule has 0 fully saturated rings. The molecule has 0 spiro atoms. The van der Waals surface area contributed by atoms with Crippen molar-refractivity contribution >= 4 is 11.6 Å². The van der Waals surface area contributed by atoms with Crippen LogP contribution in [0.4, 0.5) is 0 Å². The van der Waals surface area contributed by atoms with Crippen LogP contribution in [0.5, 0.6) is 0 Å². The van der Waals surface area contributed by atoms with Crippen LogP contribution in [0.2, 0.25) is 5.02 Å². The van der Waals surface area contributed by atoms with Crippen molar-refractivity contribution in [3.8, 4) is 22.3 Å². The smallest absolute Gasteiger partial charge is 0.0565 e. The highest BCUT2D eigenvalue weighted by molar-refractivity contribution is 6.33. The minimum absolute atomic E-state index is 0.772. The summed E-state index contributed by atoms with van der Waals surface area (Å²) in [4.78, 5) is 0. The fourth-order valence-electron chi connectivity index (χ4n) is 1.95. The fourth-order valence-corrected chi connectivity index (χ4v) is 2.19. The lowest BCUT2D eigenvalue weighted by molar-refractivity contribution is 1.09. The number of H-pyrrole nitrogens is 1. The number of nitrogens with zero attached hydrogens (tertiary/aromatic N) is 1. The van der Waals surface area contributed by atoms with Gasteiger partial charge in [-0.25, -0.2) is 0 Å². The summed E-state index contributed by atoms with van der Waals surface area (Å²) in [5.41, 5.74) is 4.39. The summed E-state index contributed by atoms with van der Waals surface area (Å²) >= 11 is 6.18. The summed E-state index contributed by atoms with van der Waals surface area (Å²) in [5, 5.41) is 7.53. The van der Waals surface area contributed by atoms with Crippen LogP contribution in [0.1, 0.15) is 0 Å². The number of hydrogen-bond donors (Lipinski definition) is 1. The van der Waals surface area contributed by atoms with Crippen molar-refractivity contribution in [2.75, 3.05) is 0 Å². The number of hydrogen-bond acceptors (Lipinski definition) is 1. The van der Waals surface area contributed by atoms with Gasteiger partial charge in [-0.3, -0.25) is 5.10 Å². The molecule has 18 heavy (non-hydrogen) atoms. The van der Waals surface area contributed by atoms with Crippen LogP contribution < -0.4 is 0 Å². The zero-order valence-electron chi connectivity index (χ0n) is 9.60. The SMILES string of the molecule is Clc1ccccc1-c1ccc(-c2cn[nH]c2)cc1. The van der Waals surface area contributed by atoms with E-state index in [2.05, 4.69) is 34.5 Å². The maximum Gasteiger partial charge on any atom is 0.0565 e. The minimum atomic E-state index is 0.772. The second-order valence-corrected chi connectivity index (χ2v) is 4.45. The van der Waals surface area contributed by atoms with Crippen LogP contribution in [0.3, 0.4) is 0 Å². The van der Waals surface area contributed by atoms with E-state index in [-0.39, 0.29) is 0 Å². The molecule has 0 amide bonds. The number of benzene rings is 2. The molecule has 0 radical (unpaired) electrons. The van der Waals surface area contributed by atoms with Crippen molar-refractivity contribution < 1.29 is 0 Å². The van der Waals surface area contributed by atoms with Gasteiger partial charge in [-0.15, -0.1) is 0 Å². The maximum atomic E-state index is 6.18. The number of halogens is 1. The highest BCUT2D eigenvalue weighted by Gasteiger charge is 2.03. The van der Waals surface area contributed by atoms with Crippen LogP contribution in [0.15, 0.2) is 60.9 Å². The third-order valence-corrected chi connectivity index (χ3v) is 3.23. The van der Waals surface area contributed by atoms with E-state index in [1.807, 2.05) is 36.7 Å². The van der Waals surface area contributed by atoms with Gasteiger partial charge in [0.2, 0.25) is 0 Å². The van der Waals surface area contributed by atoms with Crippen molar-refractivity contribution in [2.45, 2.75) is 0 Å². The Morgan fingerprint density at radius 3 is 2.22 bits per heavy atom. The molecule has 3 rings (SSSR count). The summed E-state index contributed by atoms with van der Waals surface area (Å²) in [7, 11) is 0. The first-order chi connectivity index (χ1) is 8.84. The van der Waals surface area contributed by atoms with Gasteiger partial charge in [0, 0.05) is 22.3 Å². The number of nitrogens with one attached hydrogen (secondary N) is 1. The molecule has 2 aromatic carbocycles. The molecule has 1 heterocycles. The van der Waals surface area contributed by atoms with Crippen molar-refractivity contribution in [1.82, 2.24) is 10.2 Å². The molecule has 1 aromatic heterocycles. The zero-order valence-corrected chi connectivity index (χ0v) is 10.4. The van der Waals surface area contributed by atoms with Gasteiger partial charge in [-0.1, -0.05) is 54.1 Å². The molecule has 2 nitrogen and oxygen atoms in total. The standard InChI is InChI=1S/C15H11ClN2/c16-15-4-2-1-3-14(15)12-7-5-11(6-8-12)13-9-17-18-10-13/h1-10H,(H,17,18). The molecular formula is C15H11ClN2. The van der Waals surface area contributed by atoms with Gasteiger partial charge in [0.25, 0.3) is 0 Å². The Bertz CT molecular complexity index is 643. The van der Waals surface area contributed by atoms with E-state index in [4.69, 9.17) is 11.6 Å². The molecule has 1 N–H and O–H groups in total. The summed E-state index contributed by atoms with van der Waals surface area (Å²) < 4.78 is 0. The average Bonchev–Trinajstić information content (AvgIpc) is 2.94. The predicted octanol–water partition coefficient (Wildman–Crippen LogP) is 4.40. The minimum Gasteiger partial charge on any atom is -0.285 e. The lowest BCUT2D eigenvalue weighted by Crippen LogP contribution is -1.80. The van der Waals surface area contributed by atoms with Gasteiger partial charge >= 0.3 is 0 Å². The molecular weight excluding hydrogens is 244 g/mol. The highest BCUT2D eigenvalue weighted by atomic mass is 35.5. The Hall–Kier alpha value is -2.06. The molecule has 0 unspecified atom stereocenters. The fraction of sp³-hybridized carbons (Fsp3) is 0. The van der Waals surface area contributed by atoms with Crippen LogP contribution in [0, 0.1) is 0 Å². The number of aromatic amines is 1. The lowest BCUT2D eigenvalue weighted by atomic mass is 10.0. The predicted molar refractivity (Wildman–Crippen MR) is 74.5 cm³/mol. The first-order valence-corrected chi connectivity index (χ1v) is 6.06. The maximum absolute atomic E-state index is 6.18. The molecule has 0 aliphatic rings. The van der Waals surface area contributed by atoms with Gasteiger partial charge < -0.3 is 0 Å². The second kappa shape index (κ2) is 4.67. The Kier molecular flexibility index (Phi) is 2.87. The van der Waals surface area contributed by atoms with Crippen LogP contribution in [-0.4, -0.2) is 10.2 Å². The quantitative estimate of drug-likeness (QED) is 0.722. The van der Waals surface area contributed by atoms with Gasteiger partial charge in [-0.05, 0) is 17.2 Å². The topological polar surface area (TPSA) is 28.7 Å². The van der Waals surface area contributed by atoms with Crippen molar-refractivity contribution in [2.24, 2.45) is 0 Å². The summed E-state index contributed by atoms with van der Waals surface area (Å²) in [6, 6.07) is 16.1. The summed E-state index contributed by atoms with van der Waals surface area (Å²) in [5.74, 6) is 0. The van der Waals surface area contributed by atoms with E-state index < -0.39 is 0 Å². The van der Waals surface area contributed by atoms with E-state index in [9.17, 15) is 0 Å². The monoisotopic (exact) mass is 254 g/mol. The van der Waals surface area contributed by atoms with Gasteiger partial charge in [0.15, 0.2) is 0 Å². The van der Waals surface area contributed by atoms with Gasteiger partial charge in [0.1, 0.15) is 0 Å². The third-order valence-electron chi connectivity index (χ3n) is 2.90. The van der Waals surface area contributed by atoms with Crippen molar-refractivity contribution in [3.63, 3.8) is 0 Å². The third kappa shape index (κ3) is 2.03. The molecule has 0 bridgehead atoms. The molecule has 3 heteroatoms. The van der Waals surface area contributed by atoms with Gasteiger partial charge in [0.05, 0.1) is 6.20 Å². The van der Waals surface area contributed by atoms with E-state index in [0.29, 0.717) is 0 Å². The Morgan fingerprint density at radius 2 is 1.56 bits per heavy atom. The molecule has 0 atom stereocenters. The number of rotatable bonds is 2. The van der Waals surface area contributed by atoms with Crippen LogP contribution >= 0.6 is 11.6 Å². The molecule has 3 aromatic rings. The molecule has 0 aliphatic heterocycles. The molecule has 0 saturated heterocycles. The average molecular weight is 255 g/mol. The second-order valence-electron chi connectivity index (χ2n) is 4.04. The molecule has 0 aliphatic carbocycles. The number of aromatic nitrogens is 2. The zero-order chi connectivity index (χ0) is 12.4. The Morgan fingerprint density at radius 1 is 0.833 bits per heavy atom. The Labute approximate surface area is 110 Å². The van der Waals surface area contributed by atoms with Gasteiger partial charge in [-0.2, -0.15) is 5.10 Å². The Balaban J connectivity index is 1.99. The molecule has 88 valence electrons. The van der Waals surface area contributed by atoms with E-state index in [1.165, 1.54) is 0 Å². The summed E-state index contributed by atoms with van der Waals surface area (Å²) in [6.07, 6.45) is 3.69. The first kappa shape index (κ1) is 11.1. The lowest BCUT2D eigenvalue weighted by Gasteiger charge is -2.05. The molecule has 0 saturated carbocycles. The van der Waals surface area contributed by atoms with Crippen LogP contribution in [0.25, 0.3) is 22.3 Å². The highest BCUT2D eigenvalue weighted by Crippen LogP contribution is 2.29. The first-order valence-electron chi connectivity index (χ1n) is 5.69. The van der Waals surface area contributed by atoms with E-state index >= 15 is 0 Å². The van der Waals surface area contributed by atoms with E-state index in [0.717, 1.165) is 27.3 Å². The normalized spacial score (nSPS) is 10.5. The van der Waals surface area contributed by atoms with E-state index in [1.54, 1.807) is 0 Å². The largest absolute Gasteiger partial charge is 0.285 e. The summed E-state index contributed by atoms with van der Waals surface area (Å²) in [6.45, 7) is 0. The van der Waals surface area contributed by atoms with Crippen LogP contribution in [-0.2, 0) is 0 Å².